The Morgan fingerprint density at radius 1 is 1.29 bits per heavy atom. The van der Waals surface area contributed by atoms with Gasteiger partial charge >= 0.3 is 0 Å². The van der Waals surface area contributed by atoms with Gasteiger partial charge in [-0.1, -0.05) is 18.2 Å². The monoisotopic (exact) mass is 287 g/mol. The number of hydrogen-bond donors (Lipinski definition) is 1. The summed E-state index contributed by atoms with van der Waals surface area (Å²) < 4.78 is 2.16. The van der Waals surface area contributed by atoms with E-state index in [9.17, 15) is 4.79 Å². The van der Waals surface area contributed by atoms with Crippen molar-refractivity contribution in [3.8, 4) is 0 Å². The highest BCUT2D eigenvalue weighted by Gasteiger charge is 2.14. The summed E-state index contributed by atoms with van der Waals surface area (Å²) in [7, 11) is 6.14. The zero-order valence-electron chi connectivity index (χ0n) is 13.4. The highest BCUT2D eigenvalue weighted by atomic mass is 16.1. The van der Waals surface area contributed by atoms with Crippen molar-refractivity contribution in [3.05, 3.63) is 35.5 Å². The van der Waals surface area contributed by atoms with Gasteiger partial charge in [0.05, 0.1) is 6.42 Å². The molecule has 0 saturated carbocycles. The molecule has 0 fully saturated rings. The van der Waals surface area contributed by atoms with Crippen LogP contribution in [0.15, 0.2) is 24.3 Å². The summed E-state index contributed by atoms with van der Waals surface area (Å²) in [6.45, 7) is 3.81. The van der Waals surface area contributed by atoms with E-state index >= 15 is 0 Å². The number of amides is 1. The molecule has 0 aliphatic carbocycles. The molecule has 4 heteroatoms. The smallest absolute Gasteiger partial charge is 0.224 e. The second-order valence-corrected chi connectivity index (χ2v) is 5.82. The van der Waals surface area contributed by atoms with E-state index < -0.39 is 0 Å². The maximum Gasteiger partial charge on any atom is 0.224 e. The van der Waals surface area contributed by atoms with E-state index in [0.29, 0.717) is 6.42 Å². The number of aromatic nitrogens is 1. The molecule has 114 valence electrons. The molecule has 2 rings (SSSR count). The molecule has 0 bridgehead atoms. The molecule has 0 aliphatic heterocycles. The van der Waals surface area contributed by atoms with Crippen molar-refractivity contribution in [2.24, 2.45) is 7.05 Å². The molecular formula is C17H25N3O. The maximum atomic E-state index is 12.1. The van der Waals surface area contributed by atoms with Crippen LogP contribution < -0.4 is 5.32 Å². The largest absolute Gasteiger partial charge is 0.356 e. The zero-order valence-corrected chi connectivity index (χ0v) is 13.4. The lowest BCUT2D eigenvalue weighted by Crippen LogP contribution is -2.28. The molecule has 0 aliphatic rings. The summed E-state index contributed by atoms with van der Waals surface area (Å²) in [4.78, 5) is 14.3. The van der Waals surface area contributed by atoms with Gasteiger partial charge in [-0.15, -0.1) is 0 Å². The van der Waals surface area contributed by atoms with Crippen LogP contribution in [0.25, 0.3) is 10.9 Å². The van der Waals surface area contributed by atoms with Crippen LogP contribution in [0.4, 0.5) is 0 Å². The maximum absolute atomic E-state index is 12.1. The molecule has 0 unspecified atom stereocenters. The molecule has 0 radical (unpaired) electrons. The number of para-hydroxylation sites is 1. The molecule has 21 heavy (non-hydrogen) atoms. The van der Waals surface area contributed by atoms with Crippen LogP contribution in [-0.2, 0) is 18.3 Å². The molecule has 2 aromatic rings. The number of nitrogens with zero attached hydrogens (tertiary/aromatic N) is 2. The van der Waals surface area contributed by atoms with Gasteiger partial charge in [-0.25, -0.2) is 0 Å². The summed E-state index contributed by atoms with van der Waals surface area (Å²) in [6, 6.07) is 8.25. The first kappa shape index (κ1) is 15.6. The quantitative estimate of drug-likeness (QED) is 0.826. The van der Waals surface area contributed by atoms with Gasteiger partial charge in [0.2, 0.25) is 5.91 Å². The highest BCUT2D eigenvalue weighted by molar-refractivity contribution is 5.90. The predicted molar refractivity (Wildman–Crippen MR) is 87.5 cm³/mol. The third kappa shape index (κ3) is 3.64. The number of aryl methyl sites for hydroxylation is 1. The first-order valence-electron chi connectivity index (χ1n) is 7.45. The fourth-order valence-electron chi connectivity index (χ4n) is 2.67. The summed E-state index contributed by atoms with van der Waals surface area (Å²) in [6.07, 6.45) is 1.43. The van der Waals surface area contributed by atoms with Crippen LogP contribution in [0.3, 0.4) is 0 Å². The standard InChI is InChI=1S/C17H25N3O/c1-13-15(12-17(21)18-10-7-11-19(2)3)14-8-5-6-9-16(14)20(13)4/h5-6,8-9H,7,10-12H2,1-4H3,(H,18,21). The second kappa shape index (κ2) is 6.76. The highest BCUT2D eigenvalue weighted by Crippen LogP contribution is 2.24. The lowest BCUT2D eigenvalue weighted by atomic mass is 10.1. The number of carbonyl (C=O) groups excluding carboxylic acids is 1. The summed E-state index contributed by atoms with van der Waals surface area (Å²) in [5.41, 5.74) is 3.49. The molecule has 1 N–H and O–H groups in total. The molecule has 4 nitrogen and oxygen atoms in total. The lowest BCUT2D eigenvalue weighted by molar-refractivity contribution is -0.120. The van der Waals surface area contributed by atoms with Crippen molar-refractivity contribution in [2.45, 2.75) is 19.8 Å². The lowest BCUT2D eigenvalue weighted by Gasteiger charge is -2.10. The van der Waals surface area contributed by atoms with Gasteiger partial charge in [-0.3, -0.25) is 4.79 Å². The van der Waals surface area contributed by atoms with Gasteiger partial charge in [0.1, 0.15) is 0 Å². The molecule has 0 atom stereocenters. The first-order valence-corrected chi connectivity index (χ1v) is 7.45. The Bertz CT molecular complexity index is 628. The van der Waals surface area contributed by atoms with Gasteiger partial charge < -0.3 is 14.8 Å². The topological polar surface area (TPSA) is 37.3 Å². The molecule has 1 aromatic carbocycles. The average molecular weight is 287 g/mol. The van der Waals surface area contributed by atoms with Crippen LogP contribution in [0.1, 0.15) is 17.7 Å². The van der Waals surface area contributed by atoms with E-state index in [4.69, 9.17) is 0 Å². The van der Waals surface area contributed by atoms with Gasteiger partial charge in [0, 0.05) is 30.2 Å². The third-order valence-corrected chi connectivity index (χ3v) is 3.97. The zero-order chi connectivity index (χ0) is 15.4. The van der Waals surface area contributed by atoms with Crippen LogP contribution in [-0.4, -0.2) is 42.6 Å². The van der Waals surface area contributed by atoms with E-state index in [1.165, 1.54) is 16.6 Å². The Kier molecular flexibility index (Phi) is 5.02. The van der Waals surface area contributed by atoms with Gasteiger partial charge in [0.15, 0.2) is 0 Å². The van der Waals surface area contributed by atoms with Crippen LogP contribution >= 0.6 is 0 Å². The van der Waals surface area contributed by atoms with Crippen LogP contribution in [0.2, 0.25) is 0 Å². The van der Waals surface area contributed by atoms with Crippen LogP contribution in [0.5, 0.6) is 0 Å². The van der Waals surface area contributed by atoms with Gasteiger partial charge in [-0.2, -0.15) is 0 Å². The van der Waals surface area contributed by atoms with Gasteiger partial charge in [0.25, 0.3) is 0 Å². The summed E-state index contributed by atoms with van der Waals surface area (Å²) in [5.74, 6) is 0.105. The Labute approximate surface area is 126 Å². The van der Waals surface area contributed by atoms with Crippen molar-refractivity contribution < 1.29 is 4.79 Å². The second-order valence-electron chi connectivity index (χ2n) is 5.82. The Balaban J connectivity index is 2.03. The minimum atomic E-state index is 0.105. The number of hydrogen-bond acceptors (Lipinski definition) is 2. The van der Waals surface area contributed by atoms with Crippen molar-refractivity contribution in [1.82, 2.24) is 14.8 Å². The molecule has 0 spiro atoms. The first-order chi connectivity index (χ1) is 10.0. The molecular weight excluding hydrogens is 262 g/mol. The van der Waals surface area contributed by atoms with E-state index in [-0.39, 0.29) is 5.91 Å². The molecule has 1 heterocycles. The normalized spacial score (nSPS) is 11.3. The number of rotatable bonds is 6. The van der Waals surface area contributed by atoms with Crippen molar-refractivity contribution in [3.63, 3.8) is 0 Å². The number of fused-ring (bicyclic) bond motifs is 1. The van der Waals surface area contributed by atoms with Crippen molar-refractivity contribution in [1.29, 1.82) is 0 Å². The predicted octanol–water partition coefficient (Wildman–Crippen LogP) is 2.10. The van der Waals surface area contributed by atoms with E-state index in [1.807, 2.05) is 26.2 Å². The molecule has 1 aromatic heterocycles. The number of nitrogens with one attached hydrogen (secondary N) is 1. The van der Waals surface area contributed by atoms with E-state index in [2.05, 4.69) is 40.9 Å². The SMILES string of the molecule is Cc1c(CC(=O)NCCCN(C)C)c2ccccc2n1C. The van der Waals surface area contributed by atoms with Gasteiger partial charge in [-0.05, 0) is 45.6 Å². The Morgan fingerprint density at radius 3 is 2.71 bits per heavy atom. The van der Waals surface area contributed by atoms with Crippen molar-refractivity contribution >= 4 is 16.8 Å². The Hall–Kier alpha value is -1.81. The third-order valence-electron chi connectivity index (χ3n) is 3.97. The number of carbonyl (C=O) groups is 1. The minimum Gasteiger partial charge on any atom is -0.356 e. The van der Waals surface area contributed by atoms with E-state index in [0.717, 1.165) is 25.1 Å². The van der Waals surface area contributed by atoms with Crippen molar-refractivity contribution in [2.75, 3.05) is 27.2 Å². The van der Waals surface area contributed by atoms with E-state index in [1.54, 1.807) is 0 Å². The van der Waals surface area contributed by atoms with Crippen LogP contribution in [0, 0.1) is 6.92 Å². The Morgan fingerprint density at radius 2 is 2.00 bits per heavy atom. The fraction of sp³-hybridized carbons (Fsp3) is 0.471. The number of benzene rings is 1. The fourth-order valence-corrected chi connectivity index (χ4v) is 2.67. The minimum absolute atomic E-state index is 0.105. The summed E-state index contributed by atoms with van der Waals surface area (Å²) in [5, 5.41) is 4.19. The average Bonchev–Trinajstić information content (AvgIpc) is 2.69. The molecule has 1 amide bonds. The molecule has 0 saturated heterocycles. The summed E-state index contributed by atoms with van der Waals surface area (Å²) >= 11 is 0.